The molecule has 0 amide bonds. The van der Waals surface area contributed by atoms with E-state index in [2.05, 4.69) is 52.0 Å². The minimum atomic E-state index is 0.163. The average Bonchev–Trinajstić information content (AvgIpc) is 2.28. The summed E-state index contributed by atoms with van der Waals surface area (Å²) in [5, 5.41) is 0.163. The van der Waals surface area contributed by atoms with Crippen LogP contribution >= 0.6 is 11.6 Å². The first kappa shape index (κ1) is 13.6. The highest BCUT2D eigenvalue weighted by atomic mass is 35.5. The van der Waals surface area contributed by atoms with Gasteiger partial charge in [0.1, 0.15) is 0 Å². The Morgan fingerprint density at radius 2 is 1.50 bits per heavy atom. The van der Waals surface area contributed by atoms with Gasteiger partial charge >= 0.3 is 0 Å². The highest BCUT2D eigenvalue weighted by Gasteiger charge is 2.11. The Morgan fingerprint density at radius 3 is 1.94 bits per heavy atom. The molecular formula is C15H23Cl. The topological polar surface area (TPSA) is 0 Å². The van der Waals surface area contributed by atoms with Crippen LogP contribution in [0.4, 0.5) is 0 Å². The van der Waals surface area contributed by atoms with Crippen molar-refractivity contribution in [1.82, 2.24) is 0 Å². The Bertz CT molecular complexity index is 300. The fraction of sp³-hybridized carbons (Fsp3) is 0.600. The van der Waals surface area contributed by atoms with E-state index in [0.717, 1.165) is 6.42 Å². The zero-order valence-electron chi connectivity index (χ0n) is 10.8. The van der Waals surface area contributed by atoms with Crippen molar-refractivity contribution in [2.24, 2.45) is 5.92 Å². The van der Waals surface area contributed by atoms with E-state index in [1.54, 1.807) is 0 Å². The van der Waals surface area contributed by atoms with Crippen LogP contribution in [-0.4, -0.2) is 0 Å². The van der Waals surface area contributed by atoms with Gasteiger partial charge in [0, 0.05) is 0 Å². The largest absolute Gasteiger partial charge is 0.118 e. The van der Waals surface area contributed by atoms with E-state index in [4.69, 9.17) is 11.6 Å². The van der Waals surface area contributed by atoms with Crippen molar-refractivity contribution in [3.63, 3.8) is 0 Å². The lowest BCUT2D eigenvalue weighted by Crippen LogP contribution is -1.99. The quantitative estimate of drug-likeness (QED) is 0.592. The molecule has 16 heavy (non-hydrogen) atoms. The maximum atomic E-state index is 6.41. The van der Waals surface area contributed by atoms with Crippen molar-refractivity contribution in [2.45, 2.75) is 51.8 Å². The molecule has 0 saturated carbocycles. The molecule has 1 rings (SSSR count). The first-order chi connectivity index (χ1) is 7.54. The third-order valence-corrected chi connectivity index (χ3v) is 3.70. The summed E-state index contributed by atoms with van der Waals surface area (Å²) < 4.78 is 0. The number of rotatable bonds is 5. The molecule has 0 aliphatic heterocycles. The Morgan fingerprint density at radius 1 is 1.00 bits per heavy atom. The van der Waals surface area contributed by atoms with E-state index in [0.29, 0.717) is 11.8 Å². The normalized spacial score (nSPS) is 15.1. The lowest BCUT2D eigenvalue weighted by atomic mass is 9.96. The van der Waals surface area contributed by atoms with Crippen LogP contribution in [-0.2, 0) is 0 Å². The molecule has 0 saturated heterocycles. The first-order valence-electron chi connectivity index (χ1n) is 6.28. The van der Waals surface area contributed by atoms with Crippen molar-refractivity contribution in [2.75, 3.05) is 0 Å². The van der Waals surface area contributed by atoms with Crippen molar-refractivity contribution in [3.05, 3.63) is 35.4 Å². The molecule has 0 fully saturated rings. The number of benzene rings is 1. The van der Waals surface area contributed by atoms with Gasteiger partial charge in [-0.3, -0.25) is 0 Å². The Hall–Kier alpha value is -0.490. The second-order valence-corrected chi connectivity index (χ2v) is 5.56. The molecule has 0 N–H and O–H groups in total. The molecule has 0 bridgehead atoms. The van der Waals surface area contributed by atoms with Crippen LogP contribution in [0, 0.1) is 5.92 Å². The van der Waals surface area contributed by atoms with Crippen molar-refractivity contribution in [1.29, 1.82) is 0 Å². The summed E-state index contributed by atoms with van der Waals surface area (Å²) in [6.07, 6.45) is 2.27. The summed E-state index contributed by atoms with van der Waals surface area (Å²) >= 11 is 6.41. The molecule has 0 radical (unpaired) electrons. The first-order valence-corrected chi connectivity index (χ1v) is 6.72. The highest BCUT2D eigenvalue weighted by molar-refractivity contribution is 6.20. The van der Waals surface area contributed by atoms with Crippen LogP contribution in [0.2, 0.25) is 0 Å². The molecule has 0 spiro atoms. The molecule has 90 valence electrons. The van der Waals surface area contributed by atoms with E-state index in [1.807, 2.05) is 0 Å². The van der Waals surface area contributed by atoms with E-state index in [9.17, 15) is 0 Å². The maximum Gasteiger partial charge on any atom is 0.0587 e. The van der Waals surface area contributed by atoms with Crippen molar-refractivity contribution < 1.29 is 0 Å². The maximum absolute atomic E-state index is 6.41. The molecule has 0 aliphatic carbocycles. The van der Waals surface area contributed by atoms with Crippen LogP contribution in [0.5, 0.6) is 0 Å². The Labute approximate surface area is 105 Å². The second-order valence-electron chi connectivity index (χ2n) is 5.04. The van der Waals surface area contributed by atoms with E-state index in [1.165, 1.54) is 17.5 Å². The third kappa shape index (κ3) is 3.83. The number of alkyl halides is 1. The molecule has 0 aliphatic rings. The van der Waals surface area contributed by atoms with E-state index < -0.39 is 0 Å². The van der Waals surface area contributed by atoms with Gasteiger partial charge in [-0.15, -0.1) is 11.6 Å². The molecule has 1 heteroatoms. The van der Waals surface area contributed by atoms with Crippen LogP contribution in [0.1, 0.15) is 63.0 Å². The molecule has 0 aromatic heterocycles. The van der Waals surface area contributed by atoms with Gasteiger partial charge in [-0.05, 0) is 29.4 Å². The molecule has 1 aromatic rings. The predicted molar refractivity (Wildman–Crippen MR) is 73.2 cm³/mol. The van der Waals surface area contributed by atoms with Gasteiger partial charge in [0.25, 0.3) is 0 Å². The molecule has 0 heterocycles. The predicted octanol–water partition coefficient (Wildman–Crippen LogP) is 5.53. The van der Waals surface area contributed by atoms with Gasteiger partial charge in [0.15, 0.2) is 0 Å². The summed E-state index contributed by atoms with van der Waals surface area (Å²) in [6, 6.07) is 8.75. The van der Waals surface area contributed by atoms with E-state index >= 15 is 0 Å². The lowest BCUT2D eigenvalue weighted by molar-refractivity contribution is 0.508. The lowest BCUT2D eigenvalue weighted by Gasteiger charge is -2.15. The van der Waals surface area contributed by atoms with Crippen LogP contribution in [0.15, 0.2) is 24.3 Å². The molecular weight excluding hydrogens is 216 g/mol. The van der Waals surface area contributed by atoms with Gasteiger partial charge in [-0.25, -0.2) is 0 Å². The second kappa shape index (κ2) is 6.30. The number of halogens is 1. The van der Waals surface area contributed by atoms with Crippen molar-refractivity contribution in [3.8, 4) is 0 Å². The van der Waals surface area contributed by atoms with Gasteiger partial charge in [0.05, 0.1) is 5.38 Å². The summed E-state index contributed by atoms with van der Waals surface area (Å²) in [6.45, 7) is 8.91. The summed E-state index contributed by atoms with van der Waals surface area (Å²) in [5.41, 5.74) is 2.64. The van der Waals surface area contributed by atoms with Gasteiger partial charge in [0.2, 0.25) is 0 Å². The standard InChI is InChI=1S/C15H23Cl/c1-5-12(4)10-15(16)14-8-6-13(7-9-14)11(2)3/h6-9,11-12,15H,5,10H2,1-4H3. The fourth-order valence-corrected chi connectivity index (χ4v) is 2.20. The SMILES string of the molecule is CCC(C)CC(Cl)c1ccc(C(C)C)cc1. The smallest absolute Gasteiger partial charge is 0.0587 e. The van der Waals surface area contributed by atoms with Crippen LogP contribution in [0.3, 0.4) is 0 Å². The average molecular weight is 239 g/mol. The zero-order chi connectivity index (χ0) is 12.1. The molecule has 2 unspecified atom stereocenters. The fourth-order valence-electron chi connectivity index (χ4n) is 1.75. The summed E-state index contributed by atoms with van der Waals surface area (Å²) in [7, 11) is 0. The van der Waals surface area contributed by atoms with Gasteiger partial charge < -0.3 is 0 Å². The number of hydrogen-bond acceptors (Lipinski definition) is 0. The van der Waals surface area contributed by atoms with Crippen molar-refractivity contribution >= 4 is 11.6 Å². The molecule has 0 nitrogen and oxygen atoms in total. The van der Waals surface area contributed by atoms with Gasteiger partial charge in [-0.1, -0.05) is 58.4 Å². The zero-order valence-corrected chi connectivity index (χ0v) is 11.6. The minimum Gasteiger partial charge on any atom is -0.118 e. The Balaban J connectivity index is 2.66. The van der Waals surface area contributed by atoms with E-state index in [-0.39, 0.29) is 5.38 Å². The van der Waals surface area contributed by atoms with Crippen LogP contribution in [0.25, 0.3) is 0 Å². The number of hydrogen-bond donors (Lipinski definition) is 0. The third-order valence-electron chi connectivity index (χ3n) is 3.27. The molecule has 1 aromatic carbocycles. The summed E-state index contributed by atoms with van der Waals surface area (Å²) in [4.78, 5) is 0. The minimum absolute atomic E-state index is 0.163. The Kier molecular flexibility index (Phi) is 5.34. The molecule has 2 atom stereocenters. The summed E-state index contributed by atoms with van der Waals surface area (Å²) in [5.74, 6) is 1.30. The monoisotopic (exact) mass is 238 g/mol. The highest BCUT2D eigenvalue weighted by Crippen LogP contribution is 2.29. The van der Waals surface area contributed by atoms with Gasteiger partial charge in [-0.2, -0.15) is 0 Å². The van der Waals surface area contributed by atoms with Crippen LogP contribution < -0.4 is 0 Å².